The van der Waals surface area contributed by atoms with Gasteiger partial charge in [-0.1, -0.05) is 49.9 Å². The molecule has 0 radical (unpaired) electrons. The summed E-state index contributed by atoms with van der Waals surface area (Å²) in [6.07, 6.45) is 7.55. The molecule has 0 saturated carbocycles. The molecule has 28 heavy (non-hydrogen) atoms. The third kappa shape index (κ3) is 4.73. The van der Waals surface area contributed by atoms with Crippen molar-refractivity contribution in [2.24, 2.45) is 0 Å². The summed E-state index contributed by atoms with van der Waals surface area (Å²) in [5.74, 6) is 0.177. The Balaban J connectivity index is 1.78. The van der Waals surface area contributed by atoms with Crippen molar-refractivity contribution in [3.8, 4) is 0 Å². The van der Waals surface area contributed by atoms with Crippen LogP contribution < -0.4 is 5.32 Å². The van der Waals surface area contributed by atoms with Crippen LogP contribution in [0.5, 0.6) is 0 Å². The maximum atomic E-state index is 13.3. The highest BCUT2D eigenvalue weighted by molar-refractivity contribution is 7.99. The molecule has 1 aromatic carbocycles. The average molecular weight is 421 g/mol. The minimum absolute atomic E-state index is 0.115. The molecule has 0 spiro atoms. The van der Waals surface area contributed by atoms with E-state index in [1.165, 1.54) is 0 Å². The van der Waals surface area contributed by atoms with Crippen LogP contribution >= 0.6 is 23.4 Å². The van der Waals surface area contributed by atoms with Gasteiger partial charge in [-0.2, -0.15) is 0 Å². The first-order valence-electron chi connectivity index (χ1n) is 9.62. The average Bonchev–Trinajstić information content (AvgIpc) is 3.37. The first-order chi connectivity index (χ1) is 13.6. The van der Waals surface area contributed by atoms with Crippen molar-refractivity contribution in [1.82, 2.24) is 10.2 Å². The number of hydrogen-bond donors (Lipinski definition) is 1. The second-order valence-electron chi connectivity index (χ2n) is 6.80. The van der Waals surface area contributed by atoms with Gasteiger partial charge in [0.2, 0.25) is 5.91 Å². The van der Waals surface area contributed by atoms with Gasteiger partial charge in [-0.05, 0) is 24.6 Å². The van der Waals surface area contributed by atoms with E-state index in [0.717, 1.165) is 31.2 Å². The van der Waals surface area contributed by atoms with Crippen molar-refractivity contribution in [3.63, 3.8) is 0 Å². The van der Waals surface area contributed by atoms with Crippen molar-refractivity contribution in [1.29, 1.82) is 0 Å². The lowest BCUT2D eigenvalue weighted by Gasteiger charge is -2.28. The van der Waals surface area contributed by atoms with Gasteiger partial charge in [0, 0.05) is 17.9 Å². The first kappa shape index (κ1) is 20.8. The minimum Gasteiger partial charge on any atom is -0.472 e. The molecule has 1 aliphatic heterocycles. The van der Waals surface area contributed by atoms with E-state index in [0.29, 0.717) is 22.9 Å². The van der Waals surface area contributed by atoms with Crippen LogP contribution in [0.2, 0.25) is 5.02 Å². The van der Waals surface area contributed by atoms with Crippen LogP contribution in [-0.2, 0) is 4.79 Å². The lowest BCUT2D eigenvalue weighted by atomic mass is 10.1. The summed E-state index contributed by atoms with van der Waals surface area (Å²) in [4.78, 5) is 27.8. The summed E-state index contributed by atoms with van der Waals surface area (Å²) < 4.78 is 5.20. The number of nitrogens with one attached hydrogen (secondary N) is 1. The molecular formula is C21H25ClN2O3S. The zero-order chi connectivity index (χ0) is 19.9. The maximum absolute atomic E-state index is 13.3. The summed E-state index contributed by atoms with van der Waals surface area (Å²) in [6.45, 7) is 2.78. The molecule has 2 amide bonds. The third-order valence-corrected chi connectivity index (χ3v) is 6.45. The molecule has 2 aromatic rings. The normalized spacial score (nSPS) is 19.0. The minimum atomic E-state index is -0.542. The summed E-state index contributed by atoms with van der Waals surface area (Å²) >= 11 is 7.82. The van der Waals surface area contributed by atoms with Crippen molar-refractivity contribution in [2.45, 2.75) is 44.0 Å². The SMILES string of the molecule is CCCCCCNC(=O)[C@@H]1CS[C@H](c2ccoc2)N1C(=O)c1ccccc1Cl. The van der Waals surface area contributed by atoms with E-state index in [1.807, 2.05) is 6.07 Å². The van der Waals surface area contributed by atoms with Gasteiger partial charge in [0.05, 0.1) is 23.1 Å². The number of unbranched alkanes of at least 4 members (excludes halogenated alkanes) is 3. The van der Waals surface area contributed by atoms with Gasteiger partial charge in [-0.15, -0.1) is 11.8 Å². The molecule has 2 heterocycles. The second-order valence-corrected chi connectivity index (χ2v) is 8.32. The summed E-state index contributed by atoms with van der Waals surface area (Å²) in [6, 6.07) is 8.23. The van der Waals surface area contributed by atoms with Crippen LogP contribution in [0, 0.1) is 0 Å². The highest BCUT2D eigenvalue weighted by Gasteiger charge is 2.43. The smallest absolute Gasteiger partial charge is 0.257 e. The number of carbonyl (C=O) groups excluding carboxylic acids is 2. The molecule has 2 atom stereocenters. The fraction of sp³-hybridized carbons (Fsp3) is 0.429. The van der Waals surface area contributed by atoms with E-state index in [9.17, 15) is 9.59 Å². The monoisotopic (exact) mass is 420 g/mol. The molecule has 7 heteroatoms. The fourth-order valence-electron chi connectivity index (χ4n) is 3.28. The molecule has 0 bridgehead atoms. The largest absolute Gasteiger partial charge is 0.472 e. The van der Waals surface area contributed by atoms with E-state index in [4.69, 9.17) is 16.0 Å². The van der Waals surface area contributed by atoms with Gasteiger partial charge in [0.15, 0.2) is 0 Å². The first-order valence-corrected chi connectivity index (χ1v) is 11.0. The predicted octanol–water partition coefficient (Wildman–Crippen LogP) is 4.89. The van der Waals surface area contributed by atoms with Crippen LogP contribution in [0.25, 0.3) is 0 Å². The maximum Gasteiger partial charge on any atom is 0.257 e. The number of amides is 2. The van der Waals surface area contributed by atoms with Crippen LogP contribution in [0.4, 0.5) is 0 Å². The van der Waals surface area contributed by atoms with Gasteiger partial charge in [-0.25, -0.2) is 0 Å². The second kappa shape index (κ2) is 10.0. The standard InChI is InChI=1S/C21H25ClN2O3S/c1-2-3-4-7-11-23-19(25)18-14-28-21(15-10-12-27-13-15)24(18)20(26)16-8-5-6-9-17(16)22/h5-6,8-10,12-13,18,21H,2-4,7,11,14H2,1H3,(H,23,25)/t18-,21+/m0/s1. The van der Waals surface area contributed by atoms with E-state index in [-0.39, 0.29) is 17.2 Å². The number of benzene rings is 1. The van der Waals surface area contributed by atoms with E-state index >= 15 is 0 Å². The number of rotatable bonds is 8. The summed E-state index contributed by atoms with van der Waals surface area (Å²) in [5.41, 5.74) is 1.27. The van der Waals surface area contributed by atoms with Crippen LogP contribution in [-0.4, -0.2) is 35.1 Å². The Morgan fingerprint density at radius 1 is 1.25 bits per heavy atom. The predicted molar refractivity (Wildman–Crippen MR) is 112 cm³/mol. The Morgan fingerprint density at radius 3 is 2.79 bits per heavy atom. The number of nitrogens with zero attached hydrogens (tertiary/aromatic N) is 1. The molecule has 0 unspecified atom stereocenters. The van der Waals surface area contributed by atoms with Gasteiger partial charge in [-0.3, -0.25) is 9.59 Å². The molecule has 150 valence electrons. The van der Waals surface area contributed by atoms with Crippen molar-refractivity contribution < 1.29 is 14.0 Å². The van der Waals surface area contributed by atoms with Crippen LogP contribution in [0.15, 0.2) is 47.3 Å². The molecule has 1 N–H and O–H groups in total. The zero-order valence-electron chi connectivity index (χ0n) is 15.9. The van der Waals surface area contributed by atoms with E-state index in [1.54, 1.807) is 53.5 Å². The molecule has 3 rings (SSSR count). The zero-order valence-corrected chi connectivity index (χ0v) is 17.5. The van der Waals surface area contributed by atoms with Gasteiger partial charge in [0.25, 0.3) is 5.91 Å². The Hall–Kier alpha value is -1.92. The lowest BCUT2D eigenvalue weighted by Crippen LogP contribution is -2.48. The fourth-order valence-corrected chi connectivity index (χ4v) is 4.91. The highest BCUT2D eigenvalue weighted by atomic mass is 35.5. The molecule has 1 aliphatic rings. The van der Waals surface area contributed by atoms with Crippen molar-refractivity contribution >= 4 is 35.2 Å². The highest BCUT2D eigenvalue weighted by Crippen LogP contribution is 2.42. The Morgan fingerprint density at radius 2 is 2.07 bits per heavy atom. The summed E-state index contributed by atoms with van der Waals surface area (Å²) in [5, 5.41) is 3.10. The van der Waals surface area contributed by atoms with Gasteiger partial charge >= 0.3 is 0 Å². The Labute approximate surface area is 174 Å². The van der Waals surface area contributed by atoms with Gasteiger partial charge in [0.1, 0.15) is 11.4 Å². The Bertz CT molecular complexity index is 797. The molecule has 1 aromatic heterocycles. The van der Waals surface area contributed by atoms with Gasteiger partial charge < -0.3 is 14.6 Å². The number of furan rings is 1. The molecule has 5 nitrogen and oxygen atoms in total. The molecule has 0 aliphatic carbocycles. The number of carbonyl (C=O) groups is 2. The van der Waals surface area contributed by atoms with Crippen molar-refractivity contribution in [2.75, 3.05) is 12.3 Å². The van der Waals surface area contributed by atoms with E-state index < -0.39 is 6.04 Å². The van der Waals surface area contributed by atoms with Crippen LogP contribution in [0.1, 0.15) is 53.9 Å². The molecule has 1 fully saturated rings. The summed E-state index contributed by atoms with van der Waals surface area (Å²) in [7, 11) is 0. The number of hydrogen-bond acceptors (Lipinski definition) is 4. The number of halogens is 1. The van der Waals surface area contributed by atoms with Crippen molar-refractivity contribution in [3.05, 3.63) is 59.0 Å². The molecular weight excluding hydrogens is 396 g/mol. The Kier molecular flexibility index (Phi) is 7.45. The topological polar surface area (TPSA) is 62.6 Å². The van der Waals surface area contributed by atoms with Crippen LogP contribution in [0.3, 0.4) is 0 Å². The molecule has 1 saturated heterocycles. The third-order valence-electron chi connectivity index (χ3n) is 4.80. The lowest BCUT2D eigenvalue weighted by molar-refractivity contribution is -0.124. The van der Waals surface area contributed by atoms with E-state index in [2.05, 4.69) is 12.2 Å². The number of thioether (sulfide) groups is 1. The quantitative estimate of drug-likeness (QED) is 0.618.